The van der Waals surface area contributed by atoms with E-state index in [4.69, 9.17) is 9.15 Å². The molecule has 0 fully saturated rings. The molecule has 5 rings (SSSR count). The molecule has 148 valence electrons. The highest BCUT2D eigenvalue weighted by Crippen LogP contribution is 2.37. The topological polar surface area (TPSA) is 58.3 Å². The van der Waals surface area contributed by atoms with Crippen LogP contribution in [0.3, 0.4) is 0 Å². The number of anilines is 1. The van der Waals surface area contributed by atoms with Crippen molar-refractivity contribution in [1.82, 2.24) is 5.01 Å². The van der Waals surface area contributed by atoms with Crippen molar-refractivity contribution in [2.45, 2.75) is 25.4 Å². The first-order chi connectivity index (χ1) is 14.2. The Kier molecular flexibility index (Phi) is 4.60. The number of amides is 1. The van der Waals surface area contributed by atoms with Crippen molar-refractivity contribution in [2.24, 2.45) is 5.10 Å². The number of fused-ring (bicyclic) bond motifs is 1. The highest BCUT2D eigenvalue weighted by molar-refractivity contribution is 7.10. The van der Waals surface area contributed by atoms with Crippen molar-refractivity contribution in [2.75, 3.05) is 18.1 Å². The van der Waals surface area contributed by atoms with Crippen molar-refractivity contribution in [3.63, 3.8) is 0 Å². The Hall–Kier alpha value is -3.06. The Balaban J connectivity index is 1.44. The quantitative estimate of drug-likeness (QED) is 0.647. The molecule has 2 aliphatic rings. The van der Waals surface area contributed by atoms with E-state index in [1.807, 2.05) is 47.8 Å². The van der Waals surface area contributed by atoms with Crippen LogP contribution in [0.2, 0.25) is 0 Å². The summed E-state index contributed by atoms with van der Waals surface area (Å²) in [5.74, 6) is 1.50. The van der Waals surface area contributed by atoms with Crippen LogP contribution in [0.25, 0.3) is 0 Å². The molecule has 0 radical (unpaired) electrons. The van der Waals surface area contributed by atoms with Gasteiger partial charge in [-0.3, -0.25) is 4.79 Å². The maximum atomic E-state index is 13.4. The van der Waals surface area contributed by atoms with Crippen molar-refractivity contribution >= 4 is 28.6 Å². The molecule has 0 saturated carbocycles. The zero-order chi connectivity index (χ0) is 19.8. The molecule has 0 saturated heterocycles. The van der Waals surface area contributed by atoms with Gasteiger partial charge in [-0.15, -0.1) is 11.3 Å². The van der Waals surface area contributed by atoms with Gasteiger partial charge in [0.05, 0.1) is 30.6 Å². The number of hydrogen-bond donors (Lipinski definition) is 0. The maximum Gasteiger partial charge on any atom is 0.262 e. The van der Waals surface area contributed by atoms with Crippen LogP contribution in [0.1, 0.15) is 30.0 Å². The van der Waals surface area contributed by atoms with Crippen LogP contribution >= 0.6 is 11.3 Å². The van der Waals surface area contributed by atoms with E-state index in [1.165, 1.54) is 0 Å². The minimum Gasteiger partial charge on any atom is -0.489 e. The lowest BCUT2D eigenvalue weighted by molar-refractivity contribution is -0.131. The number of nitrogens with zero attached hydrogens (tertiary/aromatic N) is 3. The number of rotatable bonds is 4. The molecule has 0 bridgehead atoms. The van der Waals surface area contributed by atoms with Gasteiger partial charge in [0.1, 0.15) is 23.8 Å². The van der Waals surface area contributed by atoms with E-state index in [9.17, 15) is 4.79 Å². The lowest BCUT2D eigenvalue weighted by atomic mass is 10.1. The van der Waals surface area contributed by atoms with Gasteiger partial charge in [-0.1, -0.05) is 18.2 Å². The zero-order valence-electron chi connectivity index (χ0n) is 16.0. The first kappa shape index (κ1) is 18.0. The van der Waals surface area contributed by atoms with Gasteiger partial charge in [-0.2, -0.15) is 5.10 Å². The summed E-state index contributed by atoms with van der Waals surface area (Å²) in [5, 5.41) is 8.33. The second-order valence-electron chi connectivity index (χ2n) is 7.25. The standard InChI is InChI=1S/C22H21N3O3S/c1-15-14-28-20-7-3-2-6-17(20)24(15)13-22(26)25-18(21-9-5-11-29-21)12-16(23-25)19-8-4-10-27-19/h2-11,15,18H,12-14H2,1H3/t15-,18-/m0/s1. The highest BCUT2D eigenvalue weighted by atomic mass is 32.1. The number of hydrogen-bond acceptors (Lipinski definition) is 6. The summed E-state index contributed by atoms with van der Waals surface area (Å²) in [6.45, 7) is 2.87. The Bertz CT molecular complexity index is 1030. The molecule has 3 aromatic rings. The van der Waals surface area contributed by atoms with E-state index in [-0.39, 0.29) is 24.5 Å². The molecule has 1 amide bonds. The van der Waals surface area contributed by atoms with Crippen LogP contribution in [-0.2, 0) is 4.79 Å². The summed E-state index contributed by atoms with van der Waals surface area (Å²) in [4.78, 5) is 16.6. The molecule has 7 heteroatoms. The zero-order valence-corrected chi connectivity index (χ0v) is 16.8. The number of hydrazone groups is 1. The van der Waals surface area contributed by atoms with Gasteiger partial charge in [0.15, 0.2) is 0 Å². The normalized spacial score (nSPS) is 20.9. The molecule has 2 atom stereocenters. The largest absolute Gasteiger partial charge is 0.489 e. The lowest BCUT2D eigenvalue weighted by Gasteiger charge is -2.37. The van der Waals surface area contributed by atoms with E-state index in [1.54, 1.807) is 22.6 Å². The third-order valence-electron chi connectivity index (χ3n) is 5.34. The summed E-state index contributed by atoms with van der Waals surface area (Å²) in [7, 11) is 0. The molecule has 2 aliphatic heterocycles. The number of benzene rings is 1. The summed E-state index contributed by atoms with van der Waals surface area (Å²) in [6, 6.07) is 15.6. The van der Waals surface area contributed by atoms with Crippen molar-refractivity contribution < 1.29 is 13.9 Å². The second kappa shape index (κ2) is 7.40. The molecular formula is C22H21N3O3S. The Morgan fingerprint density at radius 3 is 2.90 bits per heavy atom. The van der Waals surface area contributed by atoms with Crippen LogP contribution in [-0.4, -0.2) is 35.8 Å². The minimum absolute atomic E-state index is 0.0338. The predicted molar refractivity (Wildman–Crippen MR) is 113 cm³/mol. The molecule has 0 aliphatic carbocycles. The molecule has 6 nitrogen and oxygen atoms in total. The second-order valence-corrected chi connectivity index (χ2v) is 8.23. The van der Waals surface area contributed by atoms with Gasteiger partial charge in [-0.25, -0.2) is 5.01 Å². The van der Waals surface area contributed by atoms with Gasteiger partial charge in [-0.05, 0) is 42.6 Å². The average Bonchev–Trinajstić information content (AvgIpc) is 3.49. The van der Waals surface area contributed by atoms with Crippen LogP contribution in [0.15, 0.2) is 69.7 Å². The van der Waals surface area contributed by atoms with Crippen molar-refractivity contribution in [3.05, 3.63) is 70.8 Å². The average molecular weight is 407 g/mol. The van der Waals surface area contributed by atoms with Crippen LogP contribution < -0.4 is 9.64 Å². The number of ether oxygens (including phenoxy) is 1. The number of carbonyl (C=O) groups is 1. The van der Waals surface area contributed by atoms with Crippen molar-refractivity contribution in [3.8, 4) is 5.75 Å². The lowest BCUT2D eigenvalue weighted by Crippen LogP contribution is -2.46. The molecular weight excluding hydrogens is 386 g/mol. The van der Waals surface area contributed by atoms with Gasteiger partial charge in [0.25, 0.3) is 5.91 Å². The van der Waals surface area contributed by atoms with E-state index in [0.717, 1.165) is 22.0 Å². The summed E-state index contributed by atoms with van der Waals surface area (Å²) >= 11 is 1.64. The predicted octanol–water partition coefficient (Wildman–Crippen LogP) is 4.31. The number of para-hydroxylation sites is 2. The van der Waals surface area contributed by atoms with E-state index < -0.39 is 0 Å². The molecule has 1 aromatic carbocycles. The van der Waals surface area contributed by atoms with E-state index in [0.29, 0.717) is 18.8 Å². The van der Waals surface area contributed by atoms with Crippen LogP contribution in [0.5, 0.6) is 5.75 Å². The minimum atomic E-state index is -0.103. The Morgan fingerprint density at radius 1 is 1.21 bits per heavy atom. The van der Waals surface area contributed by atoms with Gasteiger partial charge < -0.3 is 14.1 Å². The third kappa shape index (κ3) is 3.31. The van der Waals surface area contributed by atoms with Gasteiger partial charge in [0.2, 0.25) is 0 Å². The summed E-state index contributed by atoms with van der Waals surface area (Å²) in [6.07, 6.45) is 2.28. The number of thiophene rings is 1. The fourth-order valence-corrected chi connectivity index (χ4v) is 4.66. The fraction of sp³-hybridized carbons (Fsp3) is 0.273. The molecule has 0 spiro atoms. The van der Waals surface area contributed by atoms with Gasteiger partial charge >= 0.3 is 0 Å². The SMILES string of the molecule is C[C@H]1COc2ccccc2N1CC(=O)N1N=C(c2ccco2)C[C@H]1c1cccs1. The molecule has 2 aromatic heterocycles. The highest BCUT2D eigenvalue weighted by Gasteiger charge is 2.36. The first-order valence-electron chi connectivity index (χ1n) is 9.66. The fourth-order valence-electron chi connectivity index (χ4n) is 3.85. The summed E-state index contributed by atoms with van der Waals surface area (Å²) in [5.41, 5.74) is 1.75. The maximum absolute atomic E-state index is 13.4. The first-order valence-corrected chi connectivity index (χ1v) is 10.5. The number of furan rings is 1. The van der Waals surface area contributed by atoms with Crippen molar-refractivity contribution in [1.29, 1.82) is 0 Å². The summed E-state index contributed by atoms with van der Waals surface area (Å²) < 4.78 is 11.3. The van der Waals surface area contributed by atoms with E-state index in [2.05, 4.69) is 23.0 Å². The monoisotopic (exact) mass is 407 g/mol. The molecule has 0 unspecified atom stereocenters. The third-order valence-corrected chi connectivity index (χ3v) is 6.31. The smallest absolute Gasteiger partial charge is 0.262 e. The van der Waals surface area contributed by atoms with Crippen LogP contribution in [0, 0.1) is 0 Å². The molecule has 4 heterocycles. The molecule has 0 N–H and O–H groups in total. The Morgan fingerprint density at radius 2 is 2.10 bits per heavy atom. The van der Waals surface area contributed by atoms with Gasteiger partial charge in [0, 0.05) is 11.3 Å². The molecule has 29 heavy (non-hydrogen) atoms. The number of carbonyl (C=O) groups excluding carboxylic acids is 1. The Labute approximate surface area is 173 Å². The van der Waals surface area contributed by atoms with Crippen LogP contribution in [0.4, 0.5) is 5.69 Å². The van der Waals surface area contributed by atoms with E-state index >= 15 is 0 Å².